The number of halogens is 1. The highest BCUT2D eigenvalue weighted by Crippen LogP contribution is 2.32. The van der Waals surface area contributed by atoms with Crippen molar-refractivity contribution in [3.8, 4) is 23.0 Å². The predicted octanol–water partition coefficient (Wildman–Crippen LogP) is 2.15. The van der Waals surface area contributed by atoms with Crippen molar-refractivity contribution in [2.45, 2.75) is 25.5 Å². The van der Waals surface area contributed by atoms with Crippen molar-refractivity contribution in [2.75, 3.05) is 17.9 Å². The molecule has 1 fully saturated rings. The molecule has 156 valence electrons. The van der Waals surface area contributed by atoms with Crippen molar-refractivity contribution in [1.82, 2.24) is 20.1 Å². The Morgan fingerprint density at radius 2 is 2.23 bits per heavy atom. The Balaban J connectivity index is 1.68. The number of pyridine rings is 1. The summed E-state index contributed by atoms with van der Waals surface area (Å²) in [6, 6.07) is 8.76. The van der Waals surface area contributed by atoms with Gasteiger partial charge in [-0.2, -0.15) is 10.4 Å². The Kier molecular flexibility index (Phi) is 3.35. The first-order chi connectivity index (χ1) is 16.4. The lowest BCUT2D eigenvalue weighted by atomic mass is 10.0. The van der Waals surface area contributed by atoms with Crippen LogP contribution in [0, 0.1) is 17.1 Å². The van der Waals surface area contributed by atoms with Crippen molar-refractivity contribution in [1.29, 1.82) is 5.26 Å². The van der Waals surface area contributed by atoms with Gasteiger partial charge in [0.2, 0.25) is 0 Å². The minimum absolute atomic E-state index is 0.0333. The molecule has 2 N–H and O–H groups in total. The molecule has 0 bridgehead atoms. The van der Waals surface area contributed by atoms with E-state index in [0.29, 0.717) is 5.69 Å². The minimum atomic E-state index is -2.48. The van der Waals surface area contributed by atoms with E-state index in [1.807, 2.05) is 6.07 Å². The highest BCUT2D eigenvalue weighted by molar-refractivity contribution is 6.01. The van der Waals surface area contributed by atoms with Crippen LogP contribution in [0.4, 0.5) is 10.2 Å². The van der Waals surface area contributed by atoms with E-state index in [0.717, 1.165) is 4.90 Å². The smallest absolute Gasteiger partial charge is 0.255 e. The molecular formula is C22H19FN6O2. The van der Waals surface area contributed by atoms with Crippen LogP contribution in [-0.2, 0) is 6.54 Å². The van der Waals surface area contributed by atoms with Crippen LogP contribution in [0.15, 0.2) is 36.5 Å². The highest BCUT2D eigenvalue weighted by atomic mass is 19.1. The van der Waals surface area contributed by atoms with Crippen molar-refractivity contribution < 1.29 is 19.8 Å². The number of hydrogen-bond acceptors (Lipinski definition) is 6. The Morgan fingerprint density at radius 1 is 1.39 bits per heavy atom. The summed E-state index contributed by atoms with van der Waals surface area (Å²) in [5.41, 5.74) is -1.15. The van der Waals surface area contributed by atoms with Crippen LogP contribution in [0.1, 0.15) is 40.4 Å². The van der Waals surface area contributed by atoms with Crippen LogP contribution in [-0.4, -0.2) is 44.4 Å². The van der Waals surface area contributed by atoms with E-state index < -0.39 is 36.7 Å². The van der Waals surface area contributed by atoms with E-state index in [2.05, 4.69) is 15.4 Å². The molecule has 0 aliphatic carbocycles. The van der Waals surface area contributed by atoms with E-state index in [4.69, 9.17) is 5.48 Å². The molecule has 9 heteroatoms. The monoisotopic (exact) mass is 422 g/mol. The molecule has 1 atom stereocenters. The van der Waals surface area contributed by atoms with Gasteiger partial charge >= 0.3 is 0 Å². The number of hydrogen-bond donors (Lipinski definition) is 2. The van der Waals surface area contributed by atoms with E-state index in [1.165, 1.54) is 48.1 Å². The standard InChI is InChI=1S/C22H19FN6O2/c1-22(31)6-8-28(12-22)18-5-7-29(27-18)17-9-15(26-16-11-25-21(30)20(16)17)19-13(10-24)3-2-4-14(19)23/h2-5,7,9,31H,6,8,11-12H2,1H3,(H,25,30)/i8D2,12D2. The minimum Gasteiger partial charge on any atom is -0.388 e. The normalized spacial score (nSPS) is 25.1. The molecule has 31 heavy (non-hydrogen) atoms. The third-order valence-electron chi connectivity index (χ3n) is 5.09. The lowest BCUT2D eigenvalue weighted by Crippen LogP contribution is -2.29. The number of amides is 1. The van der Waals surface area contributed by atoms with Gasteiger partial charge in [-0.1, -0.05) is 6.07 Å². The van der Waals surface area contributed by atoms with Crippen LogP contribution in [0.25, 0.3) is 16.9 Å². The van der Waals surface area contributed by atoms with Gasteiger partial charge in [0.1, 0.15) is 5.82 Å². The lowest BCUT2D eigenvalue weighted by molar-refractivity contribution is 0.0838. The van der Waals surface area contributed by atoms with Gasteiger partial charge in [-0.05, 0) is 31.5 Å². The molecule has 2 aromatic heterocycles. The zero-order valence-corrected chi connectivity index (χ0v) is 16.3. The summed E-state index contributed by atoms with van der Waals surface area (Å²) in [6.45, 7) is -3.42. The predicted molar refractivity (Wildman–Crippen MR) is 110 cm³/mol. The average molecular weight is 422 g/mol. The Hall–Kier alpha value is -3.77. The zero-order valence-electron chi connectivity index (χ0n) is 20.3. The molecule has 1 saturated heterocycles. The molecule has 2 aliphatic heterocycles. The SMILES string of the molecule is [2H]C1([2H])CC(C)(O)C([2H])([2H])N1c1ccn(-c2cc(-c3c(F)cccc3C#N)nc3c2C(=O)NC3)n1. The maximum absolute atomic E-state index is 14.7. The number of benzene rings is 1. The van der Waals surface area contributed by atoms with E-state index in [9.17, 15) is 19.6 Å². The lowest BCUT2D eigenvalue weighted by Gasteiger charge is -2.18. The van der Waals surface area contributed by atoms with Gasteiger partial charge in [0.05, 0.1) is 54.7 Å². The number of aliphatic hydroxyl groups is 1. The second kappa shape index (κ2) is 6.89. The summed E-state index contributed by atoms with van der Waals surface area (Å²) in [5.74, 6) is -1.21. The van der Waals surface area contributed by atoms with E-state index in [-0.39, 0.29) is 40.4 Å². The number of carbonyl (C=O) groups is 1. The molecule has 5 rings (SSSR count). The molecule has 0 saturated carbocycles. The topological polar surface area (TPSA) is 107 Å². The molecule has 8 nitrogen and oxygen atoms in total. The van der Waals surface area contributed by atoms with Crippen LogP contribution >= 0.6 is 0 Å². The number of anilines is 1. The van der Waals surface area contributed by atoms with Crippen molar-refractivity contribution in [3.05, 3.63) is 59.2 Å². The van der Waals surface area contributed by atoms with Gasteiger partial charge in [0, 0.05) is 28.0 Å². The Labute approximate surface area is 183 Å². The highest BCUT2D eigenvalue weighted by Gasteiger charge is 2.33. The molecular weight excluding hydrogens is 399 g/mol. The van der Waals surface area contributed by atoms with Crippen LogP contribution < -0.4 is 10.2 Å². The second-order valence-corrected chi connectivity index (χ2v) is 7.48. The van der Waals surface area contributed by atoms with Gasteiger partial charge in [-0.3, -0.25) is 4.79 Å². The van der Waals surface area contributed by atoms with E-state index >= 15 is 0 Å². The van der Waals surface area contributed by atoms with Crippen LogP contribution in [0.5, 0.6) is 0 Å². The van der Waals surface area contributed by atoms with Gasteiger partial charge in [-0.25, -0.2) is 14.1 Å². The first-order valence-electron chi connectivity index (χ1n) is 11.5. The first kappa shape index (κ1) is 15.1. The summed E-state index contributed by atoms with van der Waals surface area (Å²) >= 11 is 0. The summed E-state index contributed by atoms with van der Waals surface area (Å²) < 4.78 is 49.2. The number of aromatic nitrogens is 3. The number of β-amino-alcohol motifs (C(OH)–C–C–N with tert-alkyl or cyclic N) is 1. The quantitative estimate of drug-likeness (QED) is 0.670. The van der Waals surface area contributed by atoms with Crippen molar-refractivity contribution >= 4 is 11.7 Å². The molecule has 2 aliphatic rings. The maximum Gasteiger partial charge on any atom is 0.255 e. The van der Waals surface area contributed by atoms with Crippen LogP contribution in [0.3, 0.4) is 0 Å². The molecule has 1 amide bonds. The second-order valence-electron chi connectivity index (χ2n) is 7.48. The summed E-state index contributed by atoms with van der Waals surface area (Å²) in [7, 11) is 0. The fourth-order valence-corrected chi connectivity index (χ4v) is 3.66. The number of rotatable bonds is 3. The van der Waals surface area contributed by atoms with Gasteiger partial charge in [-0.15, -0.1) is 0 Å². The molecule has 1 aromatic carbocycles. The van der Waals surface area contributed by atoms with E-state index in [1.54, 1.807) is 0 Å². The van der Waals surface area contributed by atoms with Gasteiger partial charge < -0.3 is 15.3 Å². The van der Waals surface area contributed by atoms with Crippen LogP contribution in [0.2, 0.25) is 0 Å². The number of nitrogens with one attached hydrogen (secondary N) is 1. The third kappa shape index (κ3) is 3.21. The summed E-state index contributed by atoms with van der Waals surface area (Å²) in [4.78, 5) is 17.7. The average Bonchev–Trinajstić information content (AvgIpc) is 3.41. The van der Waals surface area contributed by atoms with Crippen molar-refractivity contribution in [2.24, 2.45) is 0 Å². The fourth-order valence-electron chi connectivity index (χ4n) is 3.66. The number of nitriles is 1. The number of nitrogens with zero attached hydrogens (tertiary/aromatic N) is 5. The molecule has 3 aromatic rings. The molecule has 0 spiro atoms. The van der Waals surface area contributed by atoms with Gasteiger partial charge in [0.25, 0.3) is 5.91 Å². The first-order valence-corrected chi connectivity index (χ1v) is 9.47. The molecule has 1 unspecified atom stereocenters. The van der Waals surface area contributed by atoms with Gasteiger partial charge in [0.15, 0.2) is 5.82 Å². The Bertz CT molecular complexity index is 1430. The zero-order chi connectivity index (χ0) is 25.3. The largest absolute Gasteiger partial charge is 0.388 e. The Morgan fingerprint density at radius 3 is 2.97 bits per heavy atom. The maximum atomic E-state index is 14.7. The summed E-state index contributed by atoms with van der Waals surface area (Å²) in [6.07, 6.45) is 0.924. The summed E-state index contributed by atoms with van der Waals surface area (Å²) in [5, 5.41) is 26.9. The molecule has 0 radical (unpaired) electrons. The number of carbonyl (C=O) groups excluding carboxylic acids is 1. The van der Waals surface area contributed by atoms with Crippen molar-refractivity contribution in [3.63, 3.8) is 0 Å². The number of fused-ring (bicyclic) bond motifs is 1. The molecule has 4 heterocycles. The third-order valence-corrected chi connectivity index (χ3v) is 5.09. The fraction of sp³-hybridized carbons (Fsp3) is 0.273.